The van der Waals surface area contributed by atoms with E-state index in [0.717, 1.165) is 0 Å². The monoisotopic (exact) mass is 341 g/mol. The van der Waals surface area contributed by atoms with Gasteiger partial charge in [-0.3, -0.25) is 9.59 Å². The lowest BCUT2D eigenvalue weighted by molar-refractivity contribution is -0.135. The number of ketones is 1. The van der Waals surface area contributed by atoms with E-state index in [4.69, 9.17) is 0 Å². The highest BCUT2D eigenvalue weighted by atomic mass is 79.9. The van der Waals surface area contributed by atoms with Crippen molar-refractivity contribution in [2.45, 2.75) is 26.7 Å². The summed E-state index contributed by atoms with van der Waals surface area (Å²) in [6.45, 7) is 4.02. The molecular formula is C15H17BrFNO2. The summed E-state index contributed by atoms with van der Waals surface area (Å²) in [7, 11) is 0. The Balaban J connectivity index is 2.31. The Morgan fingerprint density at radius 1 is 1.45 bits per heavy atom. The summed E-state index contributed by atoms with van der Waals surface area (Å²) in [5.74, 6) is -1.61. The predicted octanol–water partition coefficient (Wildman–Crippen LogP) is 3.56. The van der Waals surface area contributed by atoms with Crippen LogP contribution in [0.25, 0.3) is 0 Å². The molecule has 1 amide bonds. The molecule has 0 N–H and O–H groups in total. The van der Waals surface area contributed by atoms with Crippen molar-refractivity contribution < 1.29 is 14.0 Å². The Labute approximate surface area is 126 Å². The molecule has 3 nitrogen and oxygen atoms in total. The first kappa shape index (κ1) is 15.2. The molecule has 1 fully saturated rings. The molecule has 20 heavy (non-hydrogen) atoms. The highest BCUT2D eigenvalue weighted by Crippen LogP contribution is 2.30. The van der Waals surface area contributed by atoms with E-state index < -0.39 is 11.7 Å². The number of amides is 1. The lowest BCUT2D eigenvalue weighted by Crippen LogP contribution is -2.45. The second-order valence-electron chi connectivity index (χ2n) is 5.34. The van der Waals surface area contributed by atoms with Gasteiger partial charge in [0.1, 0.15) is 11.6 Å². The van der Waals surface area contributed by atoms with Gasteiger partial charge in [-0.25, -0.2) is 4.39 Å². The molecule has 108 valence electrons. The number of benzene rings is 1. The van der Waals surface area contributed by atoms with Gasteiger partial charge in [0.2, 0.25) is 5.91 Å². The second kappa shape index (κ2) is 6.04. The van der Waals surface area contributed by atoms with Crippen molar-refractivity contribution >= 4 is 33.3 Å². The van der Waals surface area contributed by atoms with Gasteiger partial charge in [0.25, 0.3) is 0 Å². The largest absolute Gasteiger partial charge is 0.309 e. The van der Waals surface area contributed by atoms with Crippen molar-refractivity contribution in [3.8, 4) is 0 Å². The van der Waals surface area contributed by atoms with Gasteiger partial charge < -0.3 is 4.90 Å². The van der Waals surface area contributed by atoms with E-state index in [9.17, 15) is 14.0 Å². The van der Waals surface area contributed by atoms with Gasteiger partial charge in [-0.05, 0) is 31.0 Å². The average molecular weight is 342 g/mol. The van der Waals surface area contributed by atoms with Crippen LogP contribution in [-0.4, -0.2) is 18.2 Å². The van der Waals surface area contributed by atoms with Crippen molar-refractivity contribution in [1.82, 2.24) is 0 Å². The van der Waals surface area contributed by atoms with E-state index in [1.165, 1.54) is 11.0 Å². The molecule has 1 aliphatic heterocycles. The maximum absolute atomic E-state index is 13.9. The maximum atomic E-state index is 13.9. The number of nitrogens with zero attached hydrogens (tertiary/aromatic N) is 1. The Morgan fingerprint density at radius 3 is 2.80 bits per heavy atom. The van der Waals surface area contributed by atoms with E-state index in [1.807, 2.05) is 0 Å². The molecule has 0 aliphatic carbocycles. The minimum atomic E-state index is -0.637. The first-order valence-electron chi connectivity index (χ1n) is 6.72. The third-order valence-corrected chi connectivity index (χ3v) is 4.04. The standard InChI is InChI=1S/C15H17BrFNO2/c1-9(2)14(19)11-4-3-7-18(15(11)20)13-8-10(16)5-6-12(13)17/h5-6,8-9,11H,3-4,7H2,1-2H3/t11-/m0/s1. The van der Waals surface area contributed by atoms with Crippen LogP contribution in [0.1, 0.15) is 26.7 Å². The number of rotatable bonds is 3. The van der Waals surface area contributed by atoms with Gasteiger partial charge in [0.05, 0.1) is 11.6 Å². The summed E-state index contributed by atoms with van der Waals surface area (Å²) in [5, 5.41) is 0. The molecule has 0 radical (unpaired) electrons. The van der Waals surface area contributed by atoms with Gasteiger partial charge in [-0.1, -0.05) is 29.8 Å². The molecule has 0 bridgehead atoms. The minimum absolute atomic E-state index is 0.0601. The van der Waals surface area contributed by atoms with E-state index in [2.05, 4.69) is 15.9 Å². The highest BCUT2D eigenvalue weighted by Gasteiger charge is 2.36. The molecule has 0 unspecified atom stereocenters. The van der Waals surface area contributed by atoms with Crippen molar-refractivity contribution in [3.05, 3.63) is 28.5 Å². The fraction of sp³-hybridized carbons (Fsp3) is 0.467. The Bertz CT molecular complexity index is 545. The summed E-state index contributed by atoms with van der Waals surface area (Å²) in [5.41, 5.74) is 0.241. The van der Waals surface area contributed by atoms with Crippen LogP contribution in [0.5, 0.6) is 0 Å². The fourth-order valence-electron chi connectivity index (χ4n) is 2.47. The van der Waals surface area contributed by atoms with Gasteiger partial charge in [0.15, 0.2) is 0 Å². The van der Waals surface area contributed by atoms with Crippen LogP contribution >= 0.6 is 15.9 Å². The van der Waals surface area contributed by atoms with Crippen LogP contribution in [0.2, 0.25) is 0 Å². The molecule has 1 aliphatic rings. The molecule has 5 heteroatoms. The number of carbonyl (C=O) groups excluding carboxylic acids is 2. The lowest BCUT2D eigenvalue weighted by Gasteiger charge is -2.32. The van der Waals surface area contributed by atoms with Crippen LogP contribution in [0, 0.1) is 17.7 Å². The normalized spacial score (nSPS) is 19.6. The summed E-state index contributed by atoms with van der Waals surface area (Å²) in [6, 6.07) is 4.49. The second-order valence-corrected chi connectivity index (χ2v) is 6.25. The zero-order valence-electron chi connectivity index (χ0n) is 11.5. The molecule has 1 atom stereocenters. The van der Waals surface area contributed by atoms with Gasteiger partial charge in [-0.2, -0.15) is 0 Å². The minimum Gasteiger partial charge on any atom is -0.309 e. The van der Waals surface area contributed by atoms with Crippen LogP contribution in [0.3, 0.4) is 0 Å². The Hall–Kier alpha value is -1.23. The summed E-state index contributed by atoms with van der Waals surface area (Å²) >= 11 is 3.28. The van der Waals surface area contributed by atoms with Crippen LogP contribution in [0.15, 0.2) is 22.7 Å². The van der Waals surface area contributed by atoms with Crippen LogP contribution < -0.4 is 4.90 Å². The highest BCUT2D eigenvalue weighted by molar-refractivity contribution is 9.10. The molecule has 1 aromatic rings. The number of piperidine rings is 1. The molecule has 1 heterocycles. The molecule has 2 rings (SSSR count). The first-order chi connectivity index (χ1) is 9.41. The number of hydrogen-bond donors (Lipinski definition) is 0. The van der Waals surface area contributed by atoms with Crippen molar-refractivity contribution in [2.75, 3.05) is 11.4 Å². The Kier molecular flexibility index (Phi) is 4.58. The first-order valence-corrected chi connectivity index (χ1v) is 7.51. The van der Waals surface area contributed by atoms with Gasteiger partial charge in [0, 0.05) is 16.9 Å². The third kappa shape index (κ3) is 2.92. The SMILES string of the molecule is CC(C)C(=O)[C@@H]1CCCN(c2cc(Br)ccc2F)C1=O. The number of halogens is 2. The topological polar surface area (TPSA) is 37.4 Å². The number of Topliss-reactive ketones (excluding diaryl/α,β-unsaturated/α-hetero) is 1. The predicted molar refractivity (Wildman–Crippen MR) is 79.0 cm³/mol. The molecule has 0 saturated carbocycles. The van der Waals surface area contributed by atoms with Crippen molar-refractivity contribution in [1.29, 1.82) is 0 Å². The molecule has 1 aromatic carbocycles. The third-order valence-electron chi connectivity index (χ3n) is 3.55. The zero-order chi connectivity index (χ0) is 14.9. The number of hydrogen-bond acceptors (Lipinski definition) is 2. The van der Waals surface area contributed by atoms with Gasteiger partial charge in [-0.15, -0.1) is 0 Å². The van der Waals surface area contributed by atoms with Crippen molar-refractivity contribution in [3.63, 3.8) is 0 Å². The quantitative estimate of drug-likeness (QED) is 0.788. The van der Waals surface area contributed by atoms with E-state index in [0.29, 0.717) is 23.9 Å². The molecule has 1 saturated heterocycles. The van der Waals surface area contributed by atoms with E-state index in [1.54, 1.807) is 26.0 Å². The number of carbonyl (C=O) groups is 2. The Morgan fingerprint density at radius 2 is 2.15 bits per heavy atom. The smallest absolute Gasteiger partial charge is 0.237 e. The van der Waals surface area contributed by atoms with Gasteiger partial charge >= 0.3 is 0 Å². The van der Waals surface area contributed by atoms with Crippen molar-refractivity contribution in [2.24, 2.45) is 11.8 Å². The zero-order valence-corrected chi connectivity index (χ0v) is 13.1. The van der Waals surface area contributed by atoms with E-state index in [-0.39, 0.29) is 23.3 Å². The fourth-order valence-corrected chi connectivity index (χ4v) is 2.82. The van der Waals surface area contributed by atoms with E-state index >= 15 is 0 Å². The molecular weight excluding hydrogens is 325 g/mol. The van der Waals surface area contributed by atoms with Crippen LogP contribution in [-0.2, 0) is 9.59 Å². The average Bonchev–Trinajstić information content (AvgIpc) is 2.41. The molecule has 0 aromatic heterocycles. The van der Waals surface area contributed by atoms with Crippen LogP contribution in [0.4, 0.5) is 10.1 Å². The maximum Gasteiger partial charge on any atom is 0.237 e. The summed E-state index contributed by atoms with van der Waals surface area (Å²) in [6.07, 6.45) is 1.27. The number of anilines is 1. The summed E-state index contributed by atoms with van der Waals surface area (Å²) in [4.78, 5) is 25.9. The lowest BCUT2D eigenvalue weighted by atomic mass is 9.87. The molecule has 0 spiro atoms. The summed E-state index contributed by atoms with van der Waals surface area (Å²) < 4.78 is 14.6.